The number of aliphatic hydroxyl groups is 1. The third-order valence-corrected chi connectivity index (χ3v) is 7.84. The minimum Gasteiger partial charge on any atom is -0.479 e. The first-order valence-corrected chi connectivity index (χ1v) is 14.1. The molecule has 4 rings (SSSR count). The topological polar surface area (TPSA) is 180 Å². The van der Waals surface area contributed by atoms with Crippen molar-refractivity contribution >= 4 is 31.2 Å². The molecule has 40 heavy (non-hydrogen) atoms. The van der Waals surface area contributed by atoms with Crippen molar-refractivity contribution in [2.75, 3.05) is 36.3 Å². The molecule has 3 heterocycles. The fourth-order valence-electron chi connectivity index (χ4n) is 4.29. The van der Waals surface area contributed by atoms with E-state index in [1.807, 2.05) is 0 Å². The molecule has 0 spiro atoms. The molecule has 0 aliphatic carbocycles. The Morgan fingerprint density at radius 3 is 2.70 bits per heavy atom. The summed E-state index contributed by atoms with van der Waals surface area (Å²) in [5, 5.41) is 16.4. The monoisotopic (exact) mass is 584 g/mol. The van der Waals surface area contributed by atoms with Gasteiger partial charge in [-0.2, -0.15) is 15.1 Å². The van der Waals surface area contributed by atoms with Crippen LogP contribution in [-0.2, 0) is 23.4 Å². The molecule has 2 aliphatic rings. The number of fused-ring (bicyclic) bond motifs is 1. The summed E-state index contributed by atoms with van der Waals surface area (Å²) in [6.45, 7) is 5.46. The van der Waals surface area contributed by atoms with Crippen molar-refractivity contribution in [2.24, 2.45) is 0 Å². The number of aromatic nitrogens is 2. The predicted molar refractivity (Wildman–Crippen MR) is 143 cm³/mol. The average molecular weight is 585 g/mol. The summed E-state index contributed by atoms with van der Waals surface area (Å²) < 4.78 is 57.2. The van der Waals surface area contributed by atoms with Crippen LogP contribution in [0, 0.1) is 0 Å². The highest BCUT2D eigenvalue weighted by molar-refractivity contribution is 7.52. The van der Waals surface area contributed by atoms with E-state index >= 15 is 4.39 Å². The van der Waals surface area contributed by atoms with Crippen LogP contribution >= 0.6 is 7.75 Å². The van der Waals surface area contributed by atoms with Gasteiger partial charge in [0.15, 0.2) is 17.7 Å². The van der Waals surface area contributed by atoms with Crippen molar-refractivity contribution in [3.8, 4) is 11.6 Å². The van der Waals surface area contributed by atoms with E-state index in [1.54, 1.807) is 44.2 Å². The SMILES string of the molecule is COc1nc(N)nc2c1NCN2[C@@H]1O[C@H](CO[P@@](=O)(N[C@@H](C)C(=O)OC(C)C)Oc2ccccc2)[C@@H](O)[C@@]1(C)F. The molecule has 1 aromatic heterocycles. The van der Waals surface area contributed by atoms with E-state index in [0.717, 1.165) is 0 Å². The van der Waals surface area contributed by atoms with E-state index in [2.05, 4.69) is 20.4 Å². The maximum absolute atomic E-state index is 16.0. The normalized spacial score (nSPS) is 26.1. The van der Waals surface area contributed by atoms with Crippen LogP contribution < -0.4 is 30.3 Å². The van der Waals surface area contributed by atoms with Gasteiger partial charge in [0.1, 0.15) is 29.7 Å². The summed E-state index contributed by atoms with van der Waals surface area (Å²) in [6, 6.07) is 7.06. The van der Waals surface area contributed by atoms with Gasteiger partial charge in [0, 0.05) is 0 Å². The number of ether oxygens (including phenoxy) is 3. The molecule has 14 nitrogen and oxygen atoms in total. The van der Waals surface area contributed by atoms with Crippen LogP contribution in [0.15, 0.2) is 30.3 Å². The number of rotatable bonds is 11. The Morgan fingerprint density at radius 1 is 1.35 bits per heavy atom. The Labute approximate surface area is 230 Å². The fourth-order valence-corrected chi connectivity index (χ4v) is 5.79. The van der Waals surface area contributed by atoms with Crippen molar-refractivity contribution in [1.82, 2.24) is 15.1 Å². The lowest BCUT2D eigenvalue weighted by molar-refractivity contribution is -0.149. The van der Waals surface area contributed by atoms with E-state index < -0.39 is 56.6 Å². The maximum atomic E-state index is 16.0. The number of aliphatic hydroxyl groups excluding tert-OH is 1. The van der Waals surface area contributed by atoms with Gasteiger partial charge in [0.2, 0.25) is 11.8 Å². The molecule has 220 valence electrons. The number of halogens is 1. The smallest absolute Gasteiger partial charge is 0.459 e. The van der Waals surface area contributed by atoms with E-state index in [0.29, 0.717) is 5.69 Å². The largest absolute Gasteiger partial charge is 0.479 e. The second-order valence-electron chi connectivity index (χ2n) is 9.75. The van der Waals surface area contributed by atoms with Gasteiger partial charge in [0.25, 0.3) is 0 Å². The van der Waals surface area contributed by atoms with E-state index in [9.17, 15) is 14.5 Å². The zero-order valence-corrected chi connectivity index (χ0v) is 23.6. The van der Waals surface area contributed by atoms with Gasteiger partial charge in [0.05, 0.1) is 26.5 Å². The van der Waals surface area contributed by atoms with Crippen LogP contribution in [0.2, 0.25) is 0 Å². The summed E-state index contributed by atoms with van der Waals surface area (Å²) in [5.41, 5.74) is 3.85. The first-order valence-electron chi connectivity index (χ1n) is 12.6. The highest BCUT2D eigenvalue weighted by Crippen LogP contribution is 2.48. The number of para-hydroxylation sites is 1. The number of carbonyl (C=O) groups excluding carboxylic acids is 1. The number of nitrogens with zero attached hydrogens (tertiary/aromatic N) is 3. The number of anilines is 3. The minimum atomic E-state index is -4.27. The molecular formula is C24H34FN6O8P. The number of nitrogens with two attached hydrogens (primary N) is 1. The molecule has 1 aromatic carbocycles. The number of alkyl halides is 1. The van der Waals surface area contributed by atoms with Crippen LogP contribution in [0.4, 0.5) is 21.8 Å². The first-order chi connectivity index (χ1) is 18.8. The zero-order valence-electron chi connectivity index (χ0n) is 22.7. The van der Waals surface area contributed by atoms with Crippen molar-refractivity contribution in [3.63, 3.8) is 0 Å². The molecule has 0 unspecified atom stereocenters. The van der Waals surface area contributed by atoms with Gasteiger partial charge in [-0.25, -0.2) is 8.96 Å². The molecule has 5 N–H and O–H groups in total. The van der Waals surface area contributed by atoms with Gasteiger partial charge in [-0.05, 0) is 39.8 Å². The quantitative estimate of drug-likeness (QED) is 0.223. The molecule has 1 saturated heterocycles. The zero-order chi connectivity index (χ0) is 29.2. The molecule has 0 saturated carbocycles. The lowest BCUT2D eigenvalue weighted by atomic mass is 9.98. The standard InChI is InChI=1S/C24H34FN6O8P/c1-13(2)37-21(33)14(3)30-40(34,39-15-9-7-6-8-10-15)36-11-16-18(32)24(4,25)22(38-16)31-12-27-17-19(31)28-23(26)29-20(17)35-5/h6-10,13-14,16,18,22,27,32H,11-12H2,1-5H3,(H,30,34)(H2,26,28,29)/t14-,16+,18+,22+,24+,40-/m0/s1. The van der Waals surface area contributed by atoms with E-state index in [1.165, 1.54) is 25.9 Å². The number of hydrogen-bond donors (Lipinski definition) is 4. The van der Waals surface area contributed by atoms with Crippen LogP contribution in [0.1, 0.15) is 27.7 Å². The van der Waals surface area contributed by atoms with Crippen LogP contribution in [0.3, 0.4) is 0 Å². The predicted octanol–water partition coefficient (Wildman–Crippen LogP) is 2.20. The molecule has 0 bridgehead atoms. The summed E-state index contributed by atoms with van der Waals surface area (Å²) >= 11 is 0. The Kier molecular flexibility index (Phi) is 8.71. The van der Waals surface area contributed by atoms with Crippen molar-refractivity contribution in [3.05, 3.63) is 30.3 Å². The Bertz CT molecular complexity index is 1260. The van der Waals surface area contributed by atoms with Gasteiger partial charge >= 0.3 is 13.7 Å². The third-order valence-electron chi connectivity index (χ3n) is 6.20. The number of esters is 1. The van der Waals surface area contributed by atoms with Crippen molar-refractivity contribution < 1.29 is 42.1 Å². The molecule has 0 radical (unpaired) electrons. The summed E-state index contributed by atoms with van der Waals surface area (Å²) in [5.74, 6) is -0.197. The number of carbonyl (C=O) groups is 1. The fraction of sp³-hybridized carbons (Fsp3) is 0.542. The number of nitrogens with one attached hydrogen (secondary N) is 2. The van der Waals surface area contributed by atoms with Crippen LogP contribution in [-0.4, -0.2) is 77.7 Å². The van der Waals surface area contributed by atoms with Gasteiger partial charge in [-0.15, -0.1) is 0 Å². The molecule has 6 atom stereocenters. The van der Waals surface area contributed by atoms with E-state index in [-0.39, 0.29) is 30.1 Å². The molecule has 1 fully saturated rings. The Balaban J connectivity index is 1.52. The molecular weight excluding hydrogens is 550 g/mol. The van der Waals surface area contributed by atoms with Gasteiger partial charge in [-0.3, -0.25) is 9.32 Å². The summed E-state index contributed by atoms with van der Waals surface area (Å²) in [4.78, 5) is 22.0. The Morgan fingerprint density at radius 2 is 2.05 bits per heavy atom. The molecule has 16 heteroatoms. The number of benzene rings is 1. The lowest BCUT2D eigenvalue weighted by Gasteiger charge is -2.31. The lowest BCUT2D eigenvalue weighted by Crippen LogP contribution is -2.50. The molecule has 2 aromatic rings. The number of methoxy groups -OCH3 is 1. The van der Waals surface area contributed by atoms with Crippen molar-refractivity contribution in [1.29, 1.82) is 0 Å². The van der Waals surface area contributed by atoms with E-state index in [4.69, 9.17) is 29.0 Å². The molecule has 0 amide bonds. The van der Waals surface area contributed by atoms with Crippen LogP contribution in [0.25, 0.3) is 0 Å². The average Bonchev–Trinajstić information content (AvgIpc) is 3.40. The second kappa shape index (κ2) is 11.7. The summed E-state index contributed by atoms with van der Waals surface area (Å²) in [6.07, 6.45) is -4.72. The number of hydrogen-bond acceptors (Lipinski definition) is 13. The van der Waals surface area contributed by atoms with Gasteiger partial charge < -0.3 is 39.8 Å². The highest BCUT2D eigenvalue weighted by atomic mass is 31.2. The highest BCUT2D eigenvalue weighted by Gasteiger charge is 2.58. The Hall–Kier alpha value is -3.23. The molecule has 2 aliphatic heterocycles. The van der Waals surface area contributed by atoms with Crippen molar-refractivity contribution in [2.45, 2.75) is 63.9 Å². The van der Waals surface area contributed by atoms with Gasteiger partial charge in [-0.1, -0.05) is 18.2 Å². The second-order valence-corrected chi connectivity index (χ2v) is 11.4. The first kappa shape index (κ1) is 29.7. The third kappa shape index (κ3) is 6.23. The number of nitrogen functional groups attached to an aromatic ring is 1. The maximum Gasteiger partial charge on any atom is 0.459 e. The summed E-state index contributed by atoms with van der Waals surface area (Å²) in [7, 11) is -2.87. The minimum absolute atomic E-state index is 0.0565. The van der Waals surface area contributed by atoms with Crippen LogP contribution in [0.5, 0.6) is 11.6 Å².